The summed E-state index contributed by atoms with van der Waals surface area (Å²) >= 11 is 2.10. The highest BCUT2D eigenvalue weighted by atomic mass is 127. The van der Waals surface area contributed by atoms with Gasteiger partial charge in [0, 0.05) is 5.56 Å². The Bertz CT molecular complexity index is 1010. The van der Waals surface area contributed by atoms with Crippen molar-refractivity contribution in [2.24, 2.45) is 0 Å². The van der Waals surface area contributed by atoms with Gasteiger partial charge in [0.1, 0.15) is 18.1 Å². The highest BCUT2D eigenvalue weighted by Gasteiger charge is 2.34. The summed E-state index contributed by atoms with van der Waals surface area (Å²) in [5.41, 5.74) is 1.01. The lowest BCUT2D eigenvalue weighted by atomic mass is 10.1. The maximum Gasteiger partial charge on any atom is 0.329 e. The molecule has 150 valence electrons. The first-order valence-electron chi connectivity index (χ1n) is 8.63. The highest BCUT2D eigenvalue weighted by Crippen LogP contribution is 2.35. The van der Waals surface area contributed by atoms with Gasteiger partial charge >= 0.3 is 6.03 Å². The van der Waals surface area contributed by atoms with Crippen LogP contribution in [0.15, 0.2) is 54.8 Å². The average molecular weight is 508 g/mol. The number of hydrogen-bond donors (Lipinski definition) is 1. The molecule has 6 nitrogen and oxygen atoms in total. The number of hydrogen-bond acceptors (Lipinski definition) is 4. The first kappa shape index (κ1) is 20.8. The summed E-state index contributed by atoms with van der Waals surface area (Å²) in [6.45, 7) is 3.80. The Balaban J connectivity index is 1.86. The third kappa shape index (κ3) is 4.58. The molecule has 29 heavy (non-hydrogen) atoms. The van der Waals surface area contributed by atoms with Crippen LogP contribution in [0.4, 0.5) is 9.18 Å². The Morgan fingerprint density at radius 3 is 2.72 bits per heavy atom. The van der Waals surface area contributed by atoms with Crippen LogP contribution in [0.1, 0.15) is 11.1 Å². The van der Waals surface area contributed by atoms with Crippen molar-refractivity contribution >= 4 is 40.6 Å². The van der Waals surface area contributed by atoms with Crippen molar-refractivity contribution in [3.05, 3.63) is 75.3 Å². The molecule has 0 radical (unpaired) electrons. The van der Waals surface area contributed by atoms with Crippen molar-refractivity contribution < 1.29 is 23.5 Å². The van der Waals surface area contributed by atoms with Crippen LogP contribution < -0.4 is 14.8 Å². The number of carbonyl (C=O) groups is 2. The van der Waals surface area contributed by atoms with Gasteiger partial charge in [-0.3, -0.25) is 9.69 Å². The molecule has 0 unspecified atom stereocenters. The third-order valence-corrected chi connectivity index (χ3v) is 4.96. The zero-order chi connectivity index (χ0) is 21.0. The van der Waals surface area contributed by atoms with Crippen LogP contribution in [0.25, 0.3) is 6.08 Å². The van der Waals surface area contributed by atoms with Gasteiger partial charge in [-0.2, -0.15) is 0 Å². The topological polar surface area (TPSA) is 67.9 Å². The van der Waals surface area contributed by atoms with E-state index in [2.05, 4.69) is 34.5 Å². The fourth-order valence-electron chi connectivity index (χ4n) is 2.78. The van der Waals surface area contributed by atoms with Crippen LogP contribution in [0.3, 0.4) is 0 Å². The van der Waals surface area contributed by atoms with Gasteiger partial charge in [0.15, 0.2) is 11.5 Å². The minimum atomic E-state index is -0.600. The van der Waals surface area contributed by atoms with Crippen molar-refractivity contribution in [2.75, 3.05) is 13.7 Å². The van der Waals surface area contributed by atoms with Crippen LogP contribution in [0.5, 0.6) is 11.5 Å². The lowest BCUT2D eigenvalue weighted by Crippen LogP contribution is -2.30. The number of urea groups is 1. The summed E-state index contributed by atoms with van der Waals surface area (Å²) in [7, 11) is 1.52. The summed E-state index contributed by atoms with van der Waals surface area (Å²) < 4.78 is 25.6. The molecule has 0 atom stereocenters. The average Bonchev–Trinajstić information content (AvgIpc) is 2.95. The third-order valence-electron chi connectivity index (χ3n) is 4.16. The van der Waals surface area contributed by atoms with E-state index in [1.807, 2.05) is 0 Å². The summed E-state index contributed by atoms with van der Waals surface area (Å²) in [6.07, 6.45) is 3.17. The van der Waals surface area contributed by atoms with Crippen molar-refractivity contribution in [2.45, 2.75) is 6.54 Å². The number of imide groups is 1. The van der Waals surface area contributed by atoms with Crippen molar-refractivity contribution in [1.29, 1.82) is 0 Å². The molecule has 1 saturated heterocycles. The molecule has 0 spiro atoms. The van der Waals surface area contributed by atoms with Crippen LogP contribution in [0, 0.1) is 9.39 Å². The van der Waals surface area contributed by atoms with Crippen LogP contribution in [-0.2, 0) is 11.3 Å². The van der Waals surface area contributed by atoms with E-state index in [1.54, 1.807) is 36.4 Å². The minimum Gasteiger partial charge on any atom is -0.493 e. The molecule has 1 fully saturated rings. The molecule has 2 aromatic rings. The summed E-state index contributed by atoms with van der Waals surface area (Å²) in [4.78, 5) is 25.9. The van der Waals surface area contributed by atoms with E-state index >= 15 is 0 Å². The number of benzene rings is 2. The second-order valence-corrected chi connectivity index (χ2v) is 7.27. The number of nitrogens with one attached hydrogen (secondary N) is 1. The summed E-state index contributed by atoms with van der Waals surface area (Å²) in [5.74, 6) is 0.0582. The molecule has 1 heterocycles. The zero-order valence-corrected chi connectivity index (χ0v) is 17.7. The van der Waals surface area contributed by atoms with Gasteiger partial charge in [0.25, 0.3) is 5.91 Å². The Hall–Kier alpha value is -2.88. The van der Waals surface area contributed by atoms with E-state index in [4.69, 9.17) is 9.47 Å². The Labute approximate surface area is 181 Å². The fraction of sp³-hybridized carbons (Fsp3) is 0.143. The molecule has 1 aliphatic rings. The first-order chi connectivity index (χ1) is 13.9. The SMILES string of the molecule is C=CCOc1c(I)cc(C=C2NC(=O)N(Cc3ccccc3F)C2=O)cc1OC. The number of ether oxygens (including phenoxy) is 2. The zero-order valence-electron chi connectivity index (χ0n) is 15.6. The predicted molar refractivity (Wildman–Crippen MR) is 115 cm³/mol. The first-order valence-corrected chi connectivity index (χ1v) is 9.71. The van der Waals surface area contributed by atoms with Gasteiger partial charge < -0.3 is 14.8 Å². The number of carbonyl (C=O) groups excluding carboxylic acids is 2. The van der Waals surface area contributed by atoms with E-state index in [1.165, 1.54) is 19.2 Å². The largest absolute Gasteiger partial charge is 0.493 e. The molecular formula is C21H18FIN2O4. The molecule has 0 saturated carbocycles. The monoisotopic (exact) mass is 508 g/mol. The van der Waals surface area contributed by atoms with Crippen LogP contribution in [0.2, 0.25) is 0 Å². The van der Waals surface area contributed by atoms with Crippen LogP contribution >= 0.6 is 22.6 Å². The second-order valence-electron chi connectivity index (χ2n) is 6.10. The molecule has 8 heteroatoms. The molecule has 0 aliphatic carbocycles. The second kappa shape index (κ2) is 9.08. The smallest absolute Gasteiger partial charge is 0.329 e. The number of nitrogens with zero attached hydrogens (tertiary/aromatic N) is 1. The molecule has 1 aliphatic heterocycles. The summed E-state index contributed by atoms with van der Waals surface area (Å²) in [6, 6.07) is 8.92. The van der Waals surface area contributed by atoms with E-state index in [-0.39, 0.29) is 17.8 Å². The van der Waals surface area contributed by atoms with E-state index < -0.39 is 17.8 Å². The highest BCUT2D eigenvalue weighted by molar-refractivity contribution is 14.1. The van der Waals surface area contributed by atoms with Gasteiger partial charge in [0.05, 0.1) is 17.2 Å². The molecule has 1 N–H and O–H groups in total. The molecule has 0 aromatic heterocycles. The maximum absolute atomic E-state index is 13.9. The molecule has 3 rings (SSSR count). The maximum atomic E-state index is 13.9. The molecule has 3 amide bonds. The normalized spacial score (nSPS) is 14.9. The standard InChI is InChI=1S/C21H18FIN2O4/c1-3-8-29-19-16(23)9-13(11-18(19)28-2)10-17-20(26)25(21(27)24-17)12-14-6-4-5-7-15(14)22/h3-7,9-11H,1,8,12H2,2H3,(H,24,27). The van der Waals surface area contributed by atoms with Crippen molar-refractivity contribution in [3.63, 3.8) is 0 Å². The lowest BCUT2D eigenvalue weighted by molar-refractivity contribution is -0.123. The Morgan fingerprint density at radius 2 is 2.03 bits per heavy atom. The van der Waals surface area contributed by atoms with Gasteiger partial charge in [-0.15, -0.1) is 0 Å². The number of halogens is 2. The van der Waals surface area contributed by atoms with Gasteiger partial charge in [0.2, 0.25) is 0 Å². The van der Waals surface area contributed by atoms with Gasteiger partial charge in [-0.1, -0.05) is 30.9 Å². The number of methoxy groups -OCH3 is 1. The van der Waals surface area contributed by atoms with E-state index in [9.17, 15) is 14.0 Å². The molecule has 2 aromatic carbocycles. The number of rotatable bonds is 7. The summed E-state index contributed by atoms with van der Waals surface area (Å²) in [5, 5.41) is 2.54. The Kier molecular flexibility index (Phi) is 6.53. The van der Waals surface area contributed by atoms with Gasteiger partial charge in [-0.25, -0.2) is 9.18 Å². The quantitative estimate of drug-likeness (QED) is 0.265. The van der Waals surface area contributed by atoms with Gasteiger partial charge in [-0.05, 0) is 52.4 Å². The van der Waals surface area contributed by atoms with Crippen molar-refractivity contribution in [3.8, 4) is 11.5 Å². The minimum absolute atomic E-state index is 0.101. The van der Waals surface area contributed by atoms with Crippen LogP contribution in [-0.4, -0.2) is 30.6 Å². The van der Waals surface area contributed by atoms with E-state index in [0.717, 1.165) is 8.47 Å². The molecule has 0 bridgehead atoms. The van der Waals surface area contributed by atoms with Crippen molar-refractivity contribution in [1.82, 2.24) is 10.2 Å². The molecular weight excluding hydrogens is 490 g/mol. The van der Waals surface area contributed by atoms with E-state index in [0.29, 0.717) is 23.7 Å². The Morgan fingerprint density at radius 1 is 1.28 bits per heavy atom. The number of amides is 3. The predicted octanol–water partition coefficient (Wildman–Crippen LogP) is 4.10. The lowest BCUT2D eigenvalue weighted by Gasteiger charge is -2.13. The fourth-order valence-corrected chi connectivity index (χ4v) is 3.57.